The molecule has 2 fully saturated rings. The van der Waals surface area contributed by atoms with E-state index in [1.54, 1.807) is 0 Å². The van der Waals surface area contributed by atoms with E-state index in [-0.39, 0.29) is 17.6 Å². The Labute approximate surface area is 113 Å². The van der Waals surface area contributed by atoms with Crippen molar-refractivity contribution >= 4 is 14.3 Å². The van der Waals surface area contributed by atoms with Crippen LogP contribution in [0.3, 0.4) is 0 Å². The van der Waals surface area contributed by atoms with Crippen molar-refractivity contribution in [1.82, 2.24) is 0 Å². The first-order valence-corrected chi connectivity index (χ1v) is 9.62. The number of esters is 1. The van der Waals surface area contributed by atoms with Crippen LogP contribution in [0.5, 0.6) is 0 Å². The smallest absolute Gasteiger partial charge is 0.377 e. The van der Waals surface area contributed by atoms with Crippen LogP contribution in [0.2, 0.25) is 18.1 Å². The number of fused-ring (bicyclic) bond motifs is 1. The molecule has 0 bridgehead atoms. The number of rotatable bonds is 2. The summed E-state index contributed by atoms with van der Waals surface area (Å²) < 4.78 is 38.1. The van der Waals surface area contributed by atoms with Gasteiger partial charge in [-0.25, -0.2) is 4.79 Å². The van der Waals surface area contributed by atoms with Gasteiger partial charge >= 0.3 is 11.9 Å². The van der Waals surface area contributed by atoms with Gasteiger partial charge in [-0.2, -0.15) is 8.78 Å². The SMILES string of the molecule is CC(C)(C)[Si](C)(C)OC1CC2OC(=O)C(F)(F)C2C1. The molecule has 1 saturated heterocycles. The lowest BCUT2D eigenvalue weighted by Gasteiger charge is -2.38. The van der Waals surface area contributed by atoms with Crippen molar-refractivity contribution in [2.24, 2.45) is 5.92 Å². The van der Waals surface area contributed by atoms with Crippen molar-refractivity contribution < 1.29 is 22.7 Å². The van der Waals surface area contributed by atoms with E-state index in [0.29, 0.717) is 6.42 Å². The van der Waals surface area contributed by atoms with Gasteiger partial charge in [0.25, 0.3) is 0 Å². The van der Waals surface area contributed by atoms with Crippen LogP contribution in [-0.4, -0.2) is 32.4 Å². The molecule has 6 heteroatoms. The summed E-state index contributed by atoms with van der Waals surface area (Å²) in [6.07, 6.45) is -0.263. The van der Waals surface area contributed by atoms with Crippen molar-refractivity contribution in [2.45, 2.75) is 69.9 Å². The predicted octanol–water partition coefficient (Wildman–Crippen LogP) is 3.35. The number of carbonyl (C=O) groups is 1. The Morgan fingerprint density at radius 3 is 2.37 bits per heavy atom. The van der Waals surface area contributed by atoms with Gasteiger partial charge in [0.05, 0.1) is 5.92 Å². The van der Waals surface area contributed by atoms with Crippen LogP contribution in [0.25, 0.3) is 0 Å². The summed E-state index contributed by atoms with van der Waals surface area (Å²) in [4.78, 5) is 11.1. The lowest BCUT2D eigenvalue weighted by Crippen LogP contribution is -2.44. The lowest BCUT2D eigenvalue weighted by molar-refractivity contribution is -0.162. The minimum absolute atomic E-state index is 0.0455. The van der Waals surface area contributed by atoms with Gasteiger partial charge in [-0.3, -0.25) is 0 Å². The van der Waals surface area contributed by atoms with Crippen molar-refractivity contribution in [3.63, 3.8) is 0 Å². The Hall–Kier alpha value is -0.493. The molecule has 0 amide bonds. The van der Waals surface area contributed by atoms with Gasteiger partial charge in [-0.05, 0) is 24.6 Å². The second-order valence-electron chi connectivity index (χ2n) is 7.14. The molecule has 1 aliphatic carbocycles. The fraction of sp³-hybridized carbons (Fsp3) is 0.923. The Bertz CT molecular complexity index is 390. The number of carbonyl (C=O) groups excluding carboxylic acids is 1. The zero-order valence-corrected chi connectivity index (χ0v) is 13.1. The van der Waals surface area contributed by atoms with E-state index < -0.39 is 32.2 Å². The van der Waals surface area contributed by atoms with Crippen LogP contribution in [0.4, 0.5) is 8.78 Å². The summed E-state index contributed by atoms with van der Waals surface area (Å²) in [6, 6.07) is 0. The normalized spacial score (nSPS) is 34.3. The molecule has 2 aliphatic rings. The fourth-order valence-corrected chi connectivity index (χ4v) is 3.90. The van der Waals surface area contributed by atoms with Gasteiger partial charge in [0.1, 0.15) is 6.10 Å². The van der Waals surface area contributed by atoms with Crippen molar-refractivity contribution in [2.75, 3.05) is 0 Å². The van der Waals surface area contributed by atoms with Gasteiger partial charge in [0.2, 0.25) is 0 Å². The molecular formula is C13H22F2O3Si. The number of hydrogen-bond donors (Lipinski definition) is 0. The minimum atomic E-state index is -3.34. The molecule has 1 heterocycles. The number of halogens is 2. The highest BCUT2D eigenvalue weighted by Gasteiger charge is 2.63. The van der Waals surface area contributed by atoms with E-state index in [0.717, 1.165) is 0 Å². The van der Waals surface area contributed by atoms with Gasteiger partial charge < -0.3 is 9.16 Å². The maximum Gasteiger partial charge on any atom is 0.377 e. The van der Waals surface area contributed by atoms with Gasteiger partial charge in [0.15, 0.2) is 8.32 Å². The first-order valence-electron chi connectivity index (χ1n) is 6.72. The molecular weight excluding hydrogens is 270 g/mol. The summed E-state index contributed by atoms with van der Waals surface area (Å²) in [7, 11) is -1.97. The average Bonchev–Trinajstić information content (AvgIpc) is 2.66. The molecule has 0 radical (unpaired) electrons. The summed E-state index contributed by atoms with van der Waals surface area (Å²) in [5.74, 6) is -5.71. The van der Waals surface area contributed by atoms with Gasteiger partial charge in [-0.15, -0.1) is 0 Å². The maximum absolute atomic E-state index is 13.6. The summed E-state index contributed by atoms with van der Waals surface area (Å²) in [5, 5.41) is 0.0455. The third-order valence-corrected chi connectivity index (χ3v) is 9.26. The highest BCUT2D eigenvalue weighted by molar-refractivity contribution is 6.74. The number of ether oxygens (including phenoxy) is 1. The second-order valence-corrected chi connectivity index (χ2v) is 11.9. The van der Waals surface area contributed by atoms with Gasteiger partial charge in [0, 0.05) is 12.5 Å². The van der Waals surface area contributed by atoms with E-state index in [4.69, 9.17) is 9.16 Å². The Kier molecular flexibility index (Phi) is 3.33. The summed E-state index contributed by atoms with van der Waals surface area (Å²) in [5.41, 5.74) is 0. The van der Waals surface area contributed by atoms with Crippen LogP contribution < -0.4 is 0 Å². The van der Waals surface area contributed by atoms with Crippen LogP contribution >= 0.6 is 0 Å². The third kappa shape index (κ3) is 2.44. The topological polar surface area (TPSA) is 35.5 Å². The molecule has 3 nitrogen and oxygen atoms in total. The molecule has 0 aromatic rings. The number of alkyl halides is 2. The standard InChI is InChI=1S/C13H22F2O3Si/c1-12(2,3)19(4,5)18-8-6-9-10(7-8)17-11(16)13(9,14)15/h8-10H,6-7H2,1-5H3. The molecule has 2 rings (SSSR count). The Morgan fingerprint density at radius 2 is 1.89 bits per heavy atom. The minimum Gasteiger partial charge on any atom is -0.457 e. The highest BCUT2D eigenvalue weighted by atomic mass is 28.4. The van der Waals surface area contributed by atoms with E-state index in [9.17, 15) is 13.6 Å². The van der Waals surface area contributed by atoms with Crippen molar-refractivity contribution in [1.29, 1.82) is 0 Å². The quantitative estimate of drug-likeness (QED) is 0.578. The molecule has 110 valence electrons. The average molecular weight is 292 g/mol. The monoisotopic (exact) mass is 292 g/mol. The van der Waals surface area contributed by atoms with E-state index >= 15 is 0 Å². The van der Waals surface area contributed by atoms with E-state index in [1.807, 2.05) is 0 Å². The largest absolute Gasteiger partial charge is 0.457 e. The molecule has 0 aromatic heterocycles. The molecule has 3 atom stereocenters. The molecule has 0 N–H and O–H groups in total. The van der Waals surface area contributed by atoms with Crippen molar-refractivity contribution in [3.8, 4) is 0 Å². The highest BCUT2D eigenvalue weighted by Crippen LogP contribution is 2.48. The lowest BCUT2D eigenvalue weighted by atomic mass is 10.0. The van der Waals surface area contributed by atoms with Crippen molar-refractivity contribution in [3.05, 3.63) is 0 Å². The molecule has 0 aromatic carbocycles. The zero-order valence-electron chi connectivity index (χ0n) is 12.1. The van der Waals surface area contributed by atoms with E-state index in [1.165, 1.54) is 0 Å². The van der Waals surface area contributed by atoms with Crippen LogP contribution in [0.1, 0.15) is 33.6 Å². The summed E-state index contributed by atoms with van der Waals surface area (Å²) >= 11 is 0. The zero-order chi connectivity index (χ0) is 14.6. The van der Waals surface area contributed by atoms with E-state index in [2.05, 4.69) is 33.9 Å². The molecule has 0 spiro atoms. The maximum atomic E-state index is 13.6. The molecule has 1 aliphatic heterocycles. The molecule has 19 heavy (non-hydrogen) atoms. The van der Waals surface area contributed by atoms with Crippen LogP contribution in [-0.2, 0) is 14.0 Å². The first-order chi connectivity index (χ1) is 8.45. The van der Waals surface area contributed by atoms with Crippen LogP contribution in [0.15, 0.2) is 0 Å². The predicted molar refractivity (Wildman–Crippen MR) is 69.6 cm³/mol. The second kappa shape index (κ2) is 4.25. The number of hydrogen-bond acceptors (Lipinski definition) is 3. The summed E-state index contributed by atoms with van der Waals surface area (Å²) in [6.45, 7) is 10.5. The Morgan fingerprint density at radius 1 is 1.32 bits per heavy atom. The van der Waals surface area contributed by atoms with Crippen LogP contribution in [0, 0.1) is 5.92 Å². The molecule has 3 unspecified atom stereocenters. The Balaban J connectivity index is 2.04. The first kappa shape index (κ1) is 14.9. The molecule has 1 saturated carbocycles. The third-order valence-electron chi connectivity index (χ3n) is 4.72. The fourth-order valence-electron chi connectivity index (χ4n) is 2.52. The van der Waals surface area contributed by atoms with Gasteiger partial charge in [-0.1, -0.05) is 20.8 Å².